The minimum Gasteiger partial charge on any atom is -0.391 e. The molecular weight excluding hydrogens is 260 g/mol. The molecule has 0 saturated carbocycles. The second kappa shape index (κ2) is 7.67. The van der Waals surface area contributed by atoms with Crippen LogP contribution in [0.5, 0.6) is 0 Å². The van der Waals surface area contributed by atoms with Crippen molar-refractivity contribution in [1.29, 1.82) is 0 Å². The number of nitrogens with two attached hydrogens (primary N) is 1. The molecule has 5 heteroatoms. The summed E-state index contributed by atoms with van der Waals surface area (Å²) in [6, 6.07) is 2.40. The molecule has 104 valence electrons. The highest BCUT2D eigenvalue weighted by Crippen LogP contribution is 2.22. The van der Waals surface area contributed by atoms with Crippen molar-refractivity contribution in [1.82, 2.24) is 0 Å². The van der Waals surface area contributed by atoms with E-state index < -0.39 is 23.8 Å². The Hall–Kier alpha value is -0.710. The first-order chi connectivity index (χ1) is 7.91. The van der Waals surface area contributed by atoms with Crippen LogP contribution in [0.25, 0.3) is 0 Å². The van der Waals surface area contributed by atoms with Crippen molar-refractivity contribution in [3.8, 4) is 0 Å². The lowest BCUT2D eigenvalue weighted by Gasteiger charge is -2.20. The fraction of sp³-hybridized carbons (Fsp3) is 0.538. The first kappa shape index (κ1) is 17.3. The molecule has 18 heavy (non-hydrogen) atoms. The van der Waals surface area contributed by atoms with Crippen LogP contribution in [0.2, 0.25) is 0 Å². The number of hydrogen-bond donors (Lipinski definition) is 2. The lowest BCUT2D eigenvalue weighted by atomic mass is 9.96. The van der Waals surface area contributed by atoms with Crippen LogP contribution >= 0.6 is 12.4 Å². The van der Waals surface area contributed by atoms with Crippen molar-refractivity contribution in [3.63, 3.8) is 0 Å². The molecule has 1 aromatic carbocycles. The van der Waals surface area contributed by atoms with Gasteiger partial charge >= 0.3 is 0 Å². The highest BCUT2D eigenvalue weighted by Gasteiger charge is 2.20. The van der Waals surface area contributed by atoms with E-state index in [0.29, 0.717) is 12.3 Å². The van der Waals surface area contributed by atoms with E-state index in [0.717, 1.165) is 18.6 Å². The van der Waals surface area contributed by atoms with Gasteiger partial charge in [0.25, 0.3) is 0 Å². The lowest BCUT2D eigenvalue weighted by molar-refractivity contribution is 0.127. The summed E-state index contributed by atoms with van der Waals surface area (Å²) in [5.41, 5.74) is 5.92. The molecule has 0 radical (unpaired) electrons. The maximum atomic E-state index is 13.4. The number of benzene rings is 1. The summed E-state index contributed by atoms with van der Waals surface area (Å²) in [4.78, 5) is 0. The van der Waals surface area contributed by atoms with E-state index in [2.05, 4.69) is 0 Å². The van der Waals surface area contributed by atoms with E-state index in [4.69, 9.17) is 5.73 Å². The van der Waals surface area contributed by atoms with Gasteiger partial charge in [0.15, 0.2) is 0 Å². The van der Waals surface area contributed by atoms with Crippen molar-refractivity contribution in [2.24, 2.45) is 11.7 Å². The molecule has 2 atom stereocenters. The first-order valence-electron chi connectivity index (χ1n) is 5.80. The zero-order valence-electron chi connectivity index (χ0n) is 10.6. The summed E-state index contributed by atoms with van der Waals surface area (Å²) < 4.78 is 26.2. The SMILES string of the molecule is CC(C)CC[C@H](O)[C@H](N)c1ccc(F)cc1F.Cl. The van der Waals surface area contributed by atoms with E-state index >= 15 is 0 Å². The van der Waals surface area contributed by atoms with Crippen molar-refractivity contribution in [2.75, 3.05) is 0 Å². The molecule has 0 spiro atoms. The molecule has 0 amide bonds. The van der Waals surface area contributed by atoms with Gasteiger partial charge in [-0.3, -0.25) is 0 Å². The molecule has 0 aliphatic heterocycles. The molecule has 0 unspecified atom stereocenters. The fourth-order valence-electron chi connectivity index (χ4n) is 1.66. The predicted octanol–water partition coefficient (Wildman–Crippen LogP) is 3.18. The normalized spacial score (nSPS) is 14.2. The maximum Gasteiger partial charge on any atom is 0.130 e. The first-order valence-corrected chi connectivity index (χ1v) is 5.80. The van der Waals surface area contributed by atoms with Crippen molar-refractivity contribution in [3.05, 3.63) is 35.4 Å². The molecule has 0 fully saturated rings. The Balaban J connectivity index is 0.00000289. The highest BCUT2D eigenvalue weighted by atomic mass is 35.5. The number of halogens is 3. The quantitative estimate of drug-likeness (QED) is 0.869. The van der Waals surface area contributed by atoms with Crippen LogP contribution in [0.4, 0.5) is 8.78 Å². The van der Waals surface area contributed by atoms with Crippen LogP contribution in [0.15, 0.2) is 18.2 Å². The molecule has 0 heterocycles. The third-order valence-electron chi connectivity index (χ3n) is 2.78. The third kappa shape index (κ3) is 4.88. The Labute approximate surface area is 113 Å². The van der Waals surface area contributed by atoms with E-state index in [9.17, 15) is 13.9 Å². The van der Waals surface area contributed by atoms with Gasteiger partial charge in [-0.05, 0) is 24.8 Å². The molecule has 0 aromatic heterocycles. The molecule has 0 aliphatic carbocycles. The fourth-order valence-corrected chi connectivity index (χ4v) is 1.66. The zero-order valence-corrected chi connectivity index (χ0v) is 11.4. The Morgan fingerprint density at radius 3 is 2.33 bits per heavy atom. The average Bonchev–Trinajstić information content (AvgIpc) is 2.25. The minimum atomic E-state index is -0.811. The minimum absolute atomic E-state index is 0. The lowest BCUT2D eigenvalue weighted by Crippen LogP contribution is -2.27. The van der Waals surface area contributed by atoms with Crippen LogP contribution in [-0.4, -0.2) is 11.2 Å². The summed E-state index contributed by atoms with van der Waals surface area (Å²) in [7, 11) is 0. The molecule has 2 nitrogen and oxygen atoms in total. The Morgan fingerprint density at radius 2 is 1.83 bits per heavy atom. The van der Waals surface area contributed by atoms with Gasteiger partial charge in [-0.15, -0.1) is 12.4 Å². The summed E-state index contributed by atoms with van der Waals surface area (Å²) in [6.45, 7) is 4.08. The van der Waals surface area contributed by atoms with Gasteiger partial charge < -0.3 is 10.8 Å². The van der Waals surface area contributed by atoms with Crippen LogP contribution < -0.4 is 5.73 Å². The van der Waals surface area contributed by atoms with Gasteiger partial charge in [0.05, 0.1) is 12.1 Å². The van der Waals surface area contributed by atoms with Gasteiger partial charge in [0, 0.05) is 11.6 Å². The monoisotopic (exact) mass is 279 g/mol. The molecule has 3 N–H and O–H groups in total. The average molecular weight is 280 g/mol. The van der Waals surface area contributed by atoms with E-state index in [-0.39, 0.29) is 18.0 Å². The number of rotatable bonds is 5. The number of aliphatic hydroxyl groups excluding tert-OH is 1. The molecular formula is C13H20ClF2NO. The standard InChI is InChI=1S/C13H19F2NO.ClH/c1-8(2)3-6-12(17)13(16)10-5-4-9(14)7-11(10)15;/h4-5,7-8,12-13,17H,3,6,16H2,1-2H3;1H/t12-,13+;/m0./s1. The third-order valence-corrected chi connectivity index (χ3v) is 2.78. The van der Waals surface area contributed by atoms with Gasteiger partial charge in [-0.25, -0.2) is 8.78 Å². The van der Waals surface area contributed by atoms with Gasteiger partial charge in [-0.1, -0.05) is 19.9 Å². The van der Waals surface area contributed by atoms with Crippen molar-refractivity contribution >= 4 is 12.4 Å². The Morgan fingerprint density at radius 1 is 1.22 bits per heavy atom. The summed E-state index contributed by atoms with van der Waals surface area (Å²) in [5.74, 6) is -0.897. The largest absolute Gasteiger partial charge is 0.391 e. The molecule has 0 bridgehead atoms. The summed E-state index contributed by atoms with van der Waals surface area (Å²) in [6.07, 6.45) is 0.519. The maximum absolute atomic E-state index is 13.4. The molecule has 1 aromatic rings. The van der Waals surface area contributed by atoms with Gasteiger partial charge in [0.1, 0.15) is 11.6 Å². The van der Waals surface area contributed by atoms with Crippen LogP contribution in [0.1, 0.15) is 38.3 Å². The smallest absolute Gasteiger partial charge is 0.130 e. The second-order valence-corrected chi connectivity index (χ2v) is 4.73. The highest BCUT2D eigenvalue weighted by molar-refractivity contribution is 5.85. The van der Waals surface area contributed by atoms with E-state index in [1.807, 2.05) is 13.8 Å². The number of hydrogen-bond acceptors (Lipinski definition) is 2. The van der Waals surface area contributed by atoms with Crippen molar-refractivity contribution in [2.45, 2.75) is 38.8 Å². The second-order valence-electron chi connectivity index (χ2n) is 4.73. The van der Waals surface area contributed by atoms with Gasteiger partial charge in [0.2, 0.25) is 0 Å². The van der Waals surface area contributed by atoms with E-state index in [1.54, 1.807) is 0 Å². The predicted molar refractivity (Wildman–Crippen MR) is 70.6 cm³/mol. The van der Waals surface area contributed by atoms with E-state index in [1.165, 1.54) is 6.07 Å². The van der Waals surface area contributed by atoms with Crippen LogP contribution in [0, 0.1) is 17.6 Å². The topological polar surface area (TPSA) is 46.2 Å². The van der Waals surface area contributed by atoms with Crippen molar-refractivity contribution < 1.29 is 13.9 Å². The molecule has 0 saturated heterocycles. The van der Waals surface area contributed by atoms with Crippen LogP contribution in [-0.2, 0) is 0 Å². The van der Waals surface area contributed by atoms with Gasteiger partial charge in [-0.2, -0.15) is 0 Å². The summed E-state index contributed by atoms with van der Waals surface area (Å²) >= 11 is 0. The number of aliphatic hydroxyl groups is 1. The van der Waals surface area contributed by atoms with Crippen LogP contribution in [0.3, 0.4) is 0 Å². The molecule has 1 rings (SSSR count). The Bertz CT molecular complexity index is 374. The zero-order chi connectivity index (χ0) is 13.0. The Kier molecular flexibility index (Phi) is 7.36. The summed E-state index contributed by atoms with van der Waals surface area (Å²) in [5, 5.41) is 9.83. The molecule has 0 aliphatic rings.